The molecule has 3 aromatic rings. The highest BCUT2D eigenvalue weighted by atomic mass is 35.5. The van der Waals surface area contributed by atoms with Gasteiger partial charge < -0.3 is 15.0 Å². The summed E-state index contributed by atoms with van der Waals surface area (Å²) < 4.78 is 5.79. The van der Waals surface area contributed by atoms with E-state index in [-0.39, 0.29) is 30.9 Å². The summed E-state index contributed by atoms with van der Waals surface area (Å²) in [7, 11) is 0. The molecule has 0 aliphatic carbocycles. The maximum atomic E-state index is 13.6. The largest absolute Gasteiger partial charge is 0.484 e. The van der Waals surface area contributed by atoms with E-state index in [1.54, 1.807) is 11.0 Å². The first-order chi connectivity index (χ1) is 16.8. The van der Waals surface area contributed by atoms with Crippen LogP contribution in [-0.4, -0.2) is 35.9 Å². The molecule has 3 aromatic carbocycles. The number of carbonyl (C=O) groups is 2. The fourth-order valence-electron chi connectivity index (χ4n) is 3.65. The number of benzene rings is 3. The van der Waals surface area contributed by atoms with Gasteiger partial charge in [0, 0.05) is 24.5 Å². The van der Waals surface area contributed by atoms with Gasteiger partial charge in [-0.2, -0.15) is 0 Å². The molecule has 6 heteroatoms. The van der Waals surface area contributed by atoms with Gasteiger partial charge in [-0.3, -0.25) is 9.59 Å². The first-order valence-corrected chi connectivity index (χ1v) is 12.2. The van der Waals surface area contributed by atoms with Crippen molar-refractivity contribution in [3.8, 4) is 5.75 Å². The fraction of sp³-hybridized carbons (Fsp3) is 0.310. The van der Waals surface area contributed by atoms with Crippen molar-refractivity contribution < 1.29 is 14.3 Å². The van der Waals surface area contributed by atoms with Crippen LogP contribution in [0, 0.1) is 12.8 Å². The zero-order valence-electron chi connectivity index (χ0n) is 20.5. The number of hydrogen-bond acceptors (Lipinski definition) is 3. The molecule has 0 aliphatic rings. The highest BCUT2D eigenvalue weighted by Crippen LogP contribution is 2.21. The summed E-state index contributed by atoms with van der Waals surface area (Å²) >= 11 is 6.44. The quantitative estimate of drug-likeness (QED) is 0.387. The van der Waals surface area contributed by atoms with E-state index in [2.05, 4.69) is 5.32 Å². The predicted molar refractivity (Wildman–Crippen MR) is 140 cm³/mol. The van der Waals surface area contributed by atoms with Crippen LogP contribution in [0.2, 0.25) is 5.02 Å². The molecule has 0 saturated carbocycles. The number of halogens is 1. The Bertz CT molecular complexity index is 1100. The summed E-state index contributed by atoms with van der Waals surface area (Å²) in [6.07, 6.45) is 0.380. The second-order valence-electron chi connectivity index (χ2n) is 9.06. The molecule has 0 radical (unpaired) electrons. The number of hydrogen-bond donors (Lipinski definition) is 1. The number of ether oxygens (including phenoxy) is 1. The Morgan fingerprint density at radius 3 is 2.26 bits per heavy atom. The molecular formula is C29H33ClN2O3. The molecule has 3 rings (SSSR count). The molecule has 2 amide bonds. The number of aryl methyl sites for hydroxylation is 1. The molecular weight excluding hydrogens is 460 g/mol. The van der Waals surface area contributed by atoms with Crippen molar-refractivity contribution in [3.05, 3.63) is 101 Å². The Morgan fingerprint density at radius 1 is 0.943 bits per heavy atom. The number of nitrogens with zero attached hydrogens (tertiary/aromatic N) is 1. The number of nitrogens with one attached hydrogen (secondary N) is 1. The standard InChI is InChI=1S/C29H33ClN2O3/c1-21(2)18-31-29(34)27(17-23-9-5-4-6-10-23)32(19-24-11-7-8-12-26(24)30)28(33)20-35-25-15-13-22(3)14-16-25/h4-16,21,27H,17-20H2,1-3H3,(H,31,34)/t27-/m1/s1. The Hall–Kier alpha value is -3.31. The average Bonchev–Trinajstić information content (AvgIpc) is 2.85. The summed E-state index contributed by atoms with van der Waals surface area (Å²) in [4.78, 5) is 28.5. The number of rotatable bonds is 11. The maximum Gasteiger partial charge on any atom is 0.261 e. The highest BCUT2D eigenvalue weighted by Gasteiger charge is 2.31. The zero-order valence-corrected chi connectivity index (χ0v) is 21.3. The minimum atomic E-state index is -0.721. The van der Waals surface area contributed by atoms with Gasteiger partial charge in [-0.05, 0) is 42.2 Å². The van der Waals surface area contributed by atoms with Crippen molar-refractivity contribution in [1.29, 1.82) is 0 Å². The summed E-state index contributed by atoms with van der Waals surface area (Å²) in [5.41, 5.74) is 2.84. The zero-order chi connectivity index (χ0) is 25.2. The van der Waals surface area contributed by atoms with Gasteiger partial charge in [0.25, 0.3) is 5.91 Å². The van der Waals surface area contributed by atoms with Gasteiger partial charge in [0.2, 0.25) is 5.91 Å². The molecule has 5 nitrogen and oxygen atoms in total. The van der Waals surface area contributed by atoms with Crippen LogP contribution in [0.1, 0.15) is 30.5 Å². The van der Waals surface area contributed by atoms with Crippen molar-refractivity contribution in [2.24, 2.45) is 5.92 Å². The third-order valence-electron chi connectivity index (χ3n) is 5.64. The van der Waals surface area contributed by atoms with Crippen LogP contribution in [0.15, 0.2) is 78.9 Å². The van der Waals surface area contributed by atoms with Crippen molar-refractivity contribution >= 4 is 23.4 Å². The molecule has 0 saturated heterocycles. The fourth-order valence-corrected chi connectivity index (χ4v) is 3.84. The topological polar surface area (TPSA) is 58.6 Å². The molecule has 1 atom stereocenters. The Labute approximate surface area is 213 Å². The SMILES string of the molecule is Cc1ccc(OCC(=O)N(Cc2ccccc2Cl)[C@H](Cc2ccccc2)C(=O)NCC(C)C)cc1. The highest BCUT2D eigenvalue weighted by molar-refractivity contribution is 6.31. The molecule has 35 heavy (non-hydrogen) atoms. The van der Waals surface area contributed by atoms with E-state index < -0.39 is 6.04 Å². The number of amides is 2. The van der Waals surface area contributed by atoms with Crippen LogP contribution in [0.4, 0.5) is 0 Å². The first-order valence-electron chi connectivity index (χ1n) is 11.9. The van der Waals surface area contributed by atoms with E-state index in [0.29, 0.717) is 23.7 Å². The normalized spacial score (nSPS) is 11.7. The lowest BCUT2D eigenvalue weighted by Gasteiger charge is -2.32. The molecule has 0 aliphatic heterocycles. The van der Waals surface area contributed by atoms with Gasteiger partial charge in [0.1, 0.15) is 11.8 Å². The lowest BCUT2D eigenvalue weighted by molar-refractivity contribution is -0.142. The molecule has 0 spiro atoms. The monoisotopic (exact) mass is 492 g/mol. The summed E-state index contributed by atoms with van der Waals surface area (Å²) in [5, 5.41) is 3.56. The summed E-state index contributed by atoms with van der Waals surface area (Å²) in [6.45, 7) is 6.60. The Kier molecular flexibility index (Phi) is 9.74. The third-order valence-corrected chi connectivity index (χ3v) is 6.01. The van der Waals surface area contributed by atoms with Crippen molar-refractivity contribution in [1.82, 2.24) is 10.2 Å². The lowest BCUT2D eigenvalue weighted by atomic mass is 10.0. The predicted octanol–water partition coefficient (Wildman–Crippen LogP) is 5.44. The Morgan fingerprint density at radius 2 is 1.60 bits per heavy atom. The van der Waals surface area contributed by atoms with E-state index in [0.717, 1.165) is 16.7 Å². The van der Waals surface area contributed by atoms with Crippen LogP contribution < -0.4 is 10.1 Å². The van der Waals surface area contributed by atoms with Gasteiger partial charge >= 0.3 is 0 Å². The second kappa shape index (κ2) is 13.0. The molecule has 0 unspecified atom stereocenters. The van der Waals surface area contributed by atoms with Crippen LogP contribution in [0.25, 0.3) is 0 Å². The third kappa shape index (κ3) is 8.15. The minimum absolute atomic E-state index is 0.184. The van der Waals surface area contributed by atoms with Gasteiger partial charge in [-0.25, -0.2) is 0 Å². The number of carbonyl (C=O) groups excluding carboxylic acids is 2. The molecule has 0 fully saturated rings. The van der Waals surface area contributed by atoms with Crippen molar-refractivity contribution in [3.63, 3.8) is 0 Å². The second-order valence-corrected chi connectivity index (χ2v) is 9.47. The summed E-state index contributed by atoms with van der Waals surface area (Å²) in [5.74, 6) is 0.406. The van der Waals surface area contributed by atoms with E-state index in [1.165, 1.54) is 0 Å². The van der Waals surface area contributed by atoms with E-state index in [4.69, 9.17) is 16.3 Å². The van der Waals surface area contributed by atoms with Crippen LogP contribution in [0.5, 0.6) is 5.75 Å². The minimum Gasteiger partial charge on any atom is -0.484 e. The molecule has 184 valence electrons. The van der Waals surface area contributed by atoms with Crippen molar-refractivity contribution in [2.45, 2.75) is 39.8 Å². The van der Waals surface area contributed by atoms with Gasteiger partial charge in [0.05, 0.1) is 0 Å². The van der Waals surface area contributed by atoms with Gasteiger partial charge in [-0.1, -0.05) is 91.7 Å². The first kappa shape index (κ1) is 26.3. The maximum absolute atomic E-state index is 13.6. The Balaban J connectivity index is 1.90. The average molecular weight is 493 g/mol. The van der Waals surface area contributed by atoms with Crippen LogP contribution in [-0.2, 0) is 22.6 Å². The van der Waals surface area contributed by atoms with E-state index in [9.17, 15) is 9.59 Å². The van der Waals surface area contributed by atoms with Crippen LogP contribution >= 0.6 is 11.6 Å². The lowest BCUT2D eigenvalue weighted by Crippen LogP contribution is -2.52. The molecule has 0 aromatic heterocycles. The molecule has 0 bridgehead atoms. The van der Waals surface area contributed by atoms with Gasteiger partial charge in [-0.15, -0.1) is 0 Å². The molecule has 0 heterocycles. The van der Waals surface area contributed by atoms with Gasteiger partial charge in [0.15, 0.2) is 6.61 Å². The van der Waals surface area contributed by atoms with Crippen molar-refractivity contribution in [2.75, 3.05) is 13.2 Å². The van der Waals surface area contributed by atoms with Crippen LogP contribution in [0.3, 0.4) is 0 Å². The summed E-state index contributed by atoms with van der Waals surface area (Å²) in [6, 6.07) is 23.9. The molecule has 1 N–H and O–H groups in total. The smallest absolute Gasteiger partial charge is 0.261 e. The van der Waals surface area contributed by atoms with E-state index in [1.807, 2.05) is 93.6 Å². The van der Waals surface area contributed by atoms with E-state index >= 15 is 0 Å².